The van der Waals surface area contributed by atoms with Crippen LogP contribution in [-0.2, 0) is 14.4 Å². The lowest BCUT2D eigenvalue weighted by molar-refractivity contribution is -0.133. The first-order valence-corrected chi connectivity index (χ1v) is 17.0. The van der Waals surface area contributed by atoms with Crippen LogP contribution in [-0.4, -0.2) is 120 Å². The maximum absolute atomic E-state index is 13.1. The van der Waals surface area contributed by atoms with E-state index in [-0.39, 0.29) is 30.8 Å². The molecule has 43 heavy (non-hydrogen) atoms. The molecule has 5 heterocycles. The molecule has 1 spiro atoms. The van der Waals surface area contributed by atoms with Gasteiger partial charge in [-0.25, -0.2) is 9.97 Å². The van der Waals surface area contributed by atoms with E-state index < -0.39 is 0 Å². The van der Waals surface area contributed by atoms with Crippen LogP contribution in [0.3, 0.4) is 0 Å². The second-order valence-electron chi connectivity index (χ2n) is 12.5. The number of aryl methyl sites for hydroxylation is 1. The Labute approximate surface area is 260 Å². The van der Waals surface area contributed by atoms with Gasteiger partial charge in [-0.1, -0.05) is 22.7 Å². The summed E-state index contributed by atoms with van der Waals surface area (Å²) in [4.78, 5) is 55.0. The van der Waals surface area contributed by atoms with Gasteiger partial charge < -0.3 is 25.3 Å². The van der Waals surface area contributed by atoms with Crippen molar-refractivity contribution in [3.05, 3.63) is 11.6 Å². The quantitative estimate of drug-likeness (QED) is 0.391. The number of likely N-dealkylation sites (tertiary alicyclic amines) is 3. The van der Waals surface area contributed by atoms with Crippen LogP contribution >= 0.6 is 22.7 Å². The first kappa shape index (κ1) is 30.0. The number of rotatable bonds is 8. The number of hydrogen-bond acceptors (Lipinski definition) is 10. The summed E-state index contributed by atoms with van der Waals surface area (Å²) in [6.07, 6.45) is 6.42. The fourth-order valence-corrected chi connectivity index (χ4v) is 8.52. The Morgan fingerprint density at radius 2 is 1.30 bits per heavy atom. The number of benzene rings is 1. The minimum absolute atomic E-state index is 0.113. The summed E-state index contributed by atoms with van der Waals surface area (Å²) in [6.45, 7) is 8.22. The number of carbonyl (C=O) groups excluding carboxylic acids is 3. The molecule has 2 aromatic heterocycles. The number of thiazole rings is 2. The molecular formula is C30H42N8O3S2. The van der Waals surface area contributed by atoms with Gasteiger partial charge in [0.05, 0.1) is 40.1 Å². The van der Waals surface area contributed by atoms with Crippen molar-refractivity contribution >= 4 is 71.1 Å². The smallest absolute Gasteiger partial charge is 0.241 e. The van der Waals surface area contributed by atoms with Gasteiger partial charge in [0, 0.05) is 45.8 Å². The number of fused-ring (bicyclic) bond motifs is 2. The van der Waals surface area contributed by atoms with E-state index in [0.29, 0.717) is 12.0 Å². The number of carbonyl (C=O) groups is 3. The number of amides is 3. The Kier molecular flexibility index (Phi) is 8.74. The third-order valence-corrected chi connectivity index (χ3v) is 11.4. The first-order valence-electron chi connectivity index (χ1n) is 15.4. The van der Waals surface area contributed by atoms with E-state index in [1.807, 2.05) is 30.8 Å². The molecule has 3 aliphatic heterocycles. The van der Waals surface area contributed by atoms with Gasteiger partial charge in [0.15, 0.2) is 10.3 Å². The summed E-state index contributed by atoms with van der Waals surface area (Å²) < 4.78 is 2.12. The molecular weight excluding hydrogens is 585 g/mol. The number of piperidine rings is 2. The van der Waals surface area contributed by atoms with E-state index >= 15 is 0 Å². The topological polar surface area (TPSA) is 114 Å². The molecule has 0 bridgehead atoms. The highest BCUT2D eigenvalue weighted by Crippen LogP contribution is 2.41. The number of hydrogen-bond donors (Lipinski definition) is 2. The lowest BCUT2D eigenvalue weighted by Crippen LogP contribution is -2.50. The Bertz CT molecular complexity index is 1490. The minimum atomic E-state index is 0.113. The van der Waals surface area contributed by atoms with Crippen LogP contribution in [0.15, 0.2) is 6.07 Å². The second kappa shape index (κ2) is 12.5. The van der Waals surface area contributed by atoms with Crippen LogP contribution in [0.1, 0.15) is 44.1 Å². The molecule has 3 aromatic rings. The van der Waals surface area contributed by atoms with Crippen molar-refractivity contribution in [2.75, 3.05) is 83.6 Å². The monoisotopic (exact) mass is 626 g/mol. The maximum Gasteiger partial charge on any atom is 0.241 e. The third-order valence-electron chi connectivity index (χ3n) is 9.47. The number of anilines is 2. The Balaban J connectivity index is 0.998. The standard InChI is InChI=1S/C30H42N8O3S2/c1-20-26-21(42-28(33-26)31-17-23(39)37-10-4-5-11-37)16-22-27(20)34-29(43-22)32-18-24(40)38-14-8-30(9-15-38)6-12-36(13-7-30)19-25(41)35(2)3/h16H,4-15,17-19H2,1-3H3,(H,31,33)(H,32,34). The highest BCUT2D eigenvalue weighted by atomic mass is 32.1. The van der Waals surface area contributed by atoms with Crippen molar-refractivity contribution < 1.29 is 14.4 Å². The summed E-state index contributed by atoms with van der Waals surface area (Å²) in [5.74, 6) is 0.398. The average Bonchev–Trinajstić information content (AvgIpc) is 3.77. The zero-order valence-corrected chi connectivity index (χ0v) is 27.0. The van der Waals surface area contributed by atoms with E-state index in [2.05, 4.69) is 21.6 Å². The summed E-state index contributed by atoms with van der Waals surface area (Å²) in [5.41, 5.74) is 3.11. The lowest BCUT2D eigenvalue weighted by Gasteiger charge is -2.46. The molecule has 11 nitrogen and oxygen atoms in total. The van der Waals surface area contributed by atoms with Gasteiger partial charge in [0.1, 0.15) is 0 Å². The molecule has 232 valence electrons. The van der Waals surface area contributed by atoms with Gasteiger partial charge in [-0.3, -0.25) is 19.3 Å². The molecule has 0 unspecified atom stereocenters. The van der Waals surface area contributed by atoms with Crippen molar-refractivity contribution in [1.82, 2.24) is 29.6 Å². The predicted octanol–water partition coefficient (Wildman–Crippen LogP) is 3.45. The lowest BCUT2D eigenvalue weighted by atomic mass is 9.71. The van der Waals surface area contributed by atoms with Gasteiger partial charge in [-0.2, -0.15) is 0 Å². The van der Waals surface area contributed by atoms with Crippen LogP contribution in [0.25, 0.3) is 20.4 Å². The highest BCUT2D eigenvalue weighted by molar-refractivity contribution is 7.24. The largest absolute Gasteiger partial charge is 0.352 e. The van der Waals surface area contributed by atoms with Gasteiger partial charge in [0.25, 0.3) is 0 Å². The molecule has 2 N–H and O–H groups in total. The number of nitrogens with zero attached hydrogens (tertiary/aromatic N) is 6. The van der Waals surface area contributed by atoms with E-state index in [9.17, 15) is 14.4 Å². The number of nitrogens with one attached hydrogen (secondary N) is 2. The van der Waals surface area contributed by atoms with Crippen LogP contribution in [0.5, 0.6) is 0 Å². The molecule has 0 radical (unpaired) electrons. The predicted molar refractivity (Wildman–Crippen MR) is 173 cm³/mol. The molecule has 3 saturated heterocycles. The fraction of sp³-hybridized carbons (Fsp3) is 0.633. The minimum Gasteiger partial charge on any atom is -0.352 e. The zero-order valence-electron chi connectivity index (χ0n) is 25.4. The van der Waals surface area contributed by atoms with Gasteiger partial charge in [-0.15, -0.1) is 0 Å². The maximum atomic E-state index is 13.1. The highest BCUT2D eigenvalue weighted by Gasteiger charge is 2.38. The number of aromatic nitrogens is 2. The van der Waals surface area contributed by atoms with E-state index in [4.69, 9.17) is 9.97 Å². The van der Waals surface area contributed by atoms with Gasteiger partial charge >= 0.3 is 0 Å². The molecule has 1 aromatic carbocycles. The zero-order chi connectivity index (χ0) is 30.1. The molecule has 6 rings (SSSR count). The Morgan fingerprint density at radius 3 is 1.81 bits per heavy atom. The normalized spacial score (nSPS) is 19.0. The molecule has 13 heteroatoms. The Morgan fingerprint density at radius 1 is 0.814 bits per heavy atom. The van der Waals surface area contributed by atoms with Crippen molar-refractivity contribution in [3.8, 4) is 0 Å². The van der Waals surface area contributed by atoms with Crippen LogP contribution < -0.4 is 10.6 Å². The summed E-state index contributed by atoms with van der Waals surface area (Å²) in [7, 11) is 3.62. The number of likely N-dealkylation sites (N-methyl/N-ethyl adjacent to an activating group) is 1. The van der Waals surface area contributed by atoms with Crippen LogP contribution in [0, 0.1) is 12.3 Å². The molecule has 0 saturated carbocycles. The molecule has 3 fully saturated rings. The molecule has 3 aliphatic rings. The Hall–Kier alpha value is -3.03. The van der Waals surface area contributed by atoms with E-state index in [1.165, 1.54) is 0 Å². The van der Waals surface area contributed by atoms with Crippen molar-refractivity contribution in [2.45, 2.75) is 45.4 Å². The SMILES string of the molecule is Cc1c2nc(NCC(=O)N3CCCC3)sc2cc2sc(NCC(=O)N3CCC4(CCN(CC(=O)N(C)C)CC4)CC3)nc12. The van der Waals surface area contributed by atoms with Gasteiger partial charge in [0.2, 0.25) is 17.7 Å². The summed E-state index contributed by atoms with van der Waals surface area (Å²) >= 11 is 3.11. The molecule has 3 amide bonds. The van der Waals surface area contributed by atoms with Crippen LogP contribution in [0.4, 0.5) is 10.3 Å². The van der Waals surface area contributed by atoms with Crippen molar-refractivity contribution in [2.24, 2.45) is 5.41 Å². The molecule has 0 atom stereocenters. The average molecular weight is 627 g/mol. The first-order chi connectivity index (χ1) is 20.7. The van der Waals surface area contributed by atoms with E-state index in [1.54, 1.807) is 27.6 Å². The van der Waals surface area contributed by atoms with Crippen molar-refractivity contribution in [3.63, 3.8) is 0 Å². The third kappa shape index (κ3) is 6.58. The molecule has 0 aliphatic carbocycles. The van der Waals surface area contributed by atoms with Crippen LogP contribution in [0.2, 0.25) is 0 Å². The van der Waals surface area contributed by atoms with Gasteiger partial charge in [-0.05, 0) is 70.0 Å². The second-order valence-corrected chi connectivity index (χ2v) is 14.5. The van der Waals surface area contributed by atoms with Crippen molar-refractivity contribution in [1.29, 1.82) is 0 Å². The summed E-state index contributed by atoms with van der Waals surface area (Å²) in [6, 6.07) is 2.11. The van der Waals surface area contributed by atoms with E-state index in [0.717, 1.165) is 114 Å². The summed E-state index contributed by atoms with van der Waals surface area (Å²) in [5, 5.41) is 8.00. The fourth-order valence-electron chi connectivity index (χ4n) is 6.52.